The van der Waals surface area contributed by atoms with E-state index < -0.39 is 0 Å². The second-order valence-corrected chi connectivity index (χ2v) is 11.3. The number of fused-ring (bicyclic) bond motifs is 6. The SMILES string of the molecule is C=CC=C.Cc1cc2c(cc1C)C(C)(C)c1cc3c(cc1-2)c1ccccc1n3-c1cccc(-c2ccccc2)c1. The van der Waals surface area contributed by atoms with E-state index >= 15 is 0 Å². The average molecular weight is 518 g/mol. The second-order valence-electron chi connectivity index (χ2n) is 11.3. The van der Waals surface area contributed by atoms with Crippen LogP contribution in [0.2, 0.25) is 0 Å². The number of hydrogen-bond acceptors (Lipinski definition) is 0. The fourth-order valence-corrected chi connectivity index (χ4v) is 6.19. The summed E-state index contributed by atoms with van der Waals surface area (Å²) in [6, 6.07) is 38.1. The van der Waals surface area contributed by atoms with Crippen LogP contribution in [-0.4, -0.2) is 4.57 Å². The zero-order chi connectivity index (χ0) is 28.0. The number of allylic oxidation sites excluding steroid dienone is 2. The van der Waals surface area contributed by atoms with Crippen LogP contribution in [0.5, 0.6) is 0 Å². The molecule has 0 saturated heterocycles. The minimum absolute atomic E-state index is 0.0372. The Morgan fingerprint density at radius 2 is 1.20 bits per heavy atom. The van der Waals surface area contributed by atoms with Crippen LogP contribution in [0.1, 0.15) is 36.1 Å². The van der Waals surface area contributed by atoms with Gasteiger partial charge in [0.1, 0.15) is 0 Å². The van der Waals surface area contributed by atoms with Crippen molar-refractivity contribution in [2.24, 2.45) is 0 Å². The van der Waals surface area contributed by atoms with Crippen molar-refractivity contribution in [1.29, 1.82) is 0 Å². The van der Waals surface area contributed by atoms with Crippen molar-refractivity contribution in [2.45, 2.75) is 33.1 Å². The van der Waals surface area contributed by atoms with E-state index in [2.05, 4.69) is 149 Å². The molecule has 1 aliphatic carbocycles. The Kier molecular flexibility index (Phi) is 6.31. The Morgan fingerprint density at radius 3 is 1.95 bits per heavy atom. The first-order chi connectivity index (χ1) is 19.3. The highest BCUT2D eigenvalue weighted by molar-refractivity contribution is 6.11. The van der Waals surface area contributed by atoms with E-state index in [1.807, 2.05) is 0 Å². The minimum Gasteiger partial charge on any atom is -0.309 e. The molecule has 40 heavy (non-hydrogen) atoms. The van der Waals surface area contributed by atoms with Crippen LogP contribution in [-0.2, 0) is 5.41 Å². The van der Waals surface area contributed by atoms with Gasteiger partial charge in [-0.3, -0.25) is 0 Å². The lowest BCUT2D eigenvalue weighted by Gasteiger charge is -2.22. The van der Waals surface area contributed by atoms with E-state index in [9.17, 15) is 0 Å². The van der Waals surface area contributed by atoms with Crippen LogP contribution in [0.4, 0.5) is 0 Å². The smallest absolute Gasteiger partial charge is 0.0544 e. The van der Waals surface area contributed by atoms with Gasteiger partial charge in [-0.15, -0.1) is 0 Å². The third-order valence-electron chi connectivity index (χ3n) is 8.46. The van der Waals surface area contributed by atoms with Crippen molar-refractivity contribution in [2.75, 3.05) is 0 Å². The van der Waals surface area contributed by atoms with Crippen molar-refractivity contribution in [3.8, 4) is 27.9 Å². The molecule has 0 radical (unpaired) electrons. The van der Waals surface area contributed by atoms with Gasteiger partial charge < -0.3 is 4.57 Å². The summed E-state index contributed by atoms with van der Waals surface area (Å²) in [5, 5.41) is 2.62. The highest BCUT2D eigenvalue weighted by atomic mass is 15.0. The Bertz CT molecular complexity index is 1910. The number of aryl methyl sites for hydroxylation is 2. The molecule has 5 aromatic carbocycles. The minimum atomic E-state index is -0.0372. The zero-order valence-corrected chi connectivity index (χ0v) is 23.8. The fourth-order valence-electron chi connectivity index (χ4n) is 6.19. The summed E-state index contributed by atoms with van der Waals surface area (Å²) in [5.41, 5.74) is 14.5. The fraction of sp³-hybridized carbons (Fsp3) is 0.128. The van der Waals surface area contributed by atoms with Crippen LogP contribution in [0.3, 0.4) is 0 Å². The number of benzene rings is 5. The van der Waals surface area contributed by atoms with Crippen molar-refractivity contribution < 1.29 is 0 Å². The molecule has 0 aliphatic heterocycles. The van der Waals surface area contributed by atoms with Crippen LogP contribution >= 0.6 is 0 Å². The molecule has 196 valence electrons. The first-order valence-electron chi connectivity index (χ1n) is 13.9. The summed E-state index contributed by atoms with van der Waals surface area (Å²) in [6.07, 6.45) is 3.28. The van der Waals surface area contributed by atoms with Gasteiger partial charge in [-0.1, -0.05) is 112 Å². The van der Waals surface area contributed by atoms with Crippen LogP contribution < -0.4 is 0 Å². The Morgan fingerprint density at radius 1 is 0.575 bits per heavy atom. The monoisotopic (exact) mass is 517 g/mol. The lowest BCUT2D eigenvalue weighted by atomic mass is 9.81. The van der Waals surface area contributed by atoms with Gasteiger partial charge in [-0.05, 0) is 88.7 Å². The molecule has 1 heterocycles. The standard InChI is InChI=1S/C35H29N.C4H6/c1-22-17-28-29-20-30-27-15-8-9-16-33(27)36(26-14-10-13-25(19-26)24-11-6-5-7-12-24)34(30)21-32(29)35(3,4)31(28)18-23(22)2;1-3-4-2/h5-21H,1-4H3;3-4H,1-2H2. The summed E-state index contributed by atoms with van der Waals surface area (Å²) in [4.78, 5) is 0. The van der Waals surface area contributed by atoms with E-state index in [1.54, 1.807) is 12.2 Å². The van der Waals surface area contributed by atoms with Crippen molar-refractivity contribution in [3.63, 3.8) is 0 Å². The van der Waals surface area contributed by atoms with Gasteiger partial charge in [-0.2, -0.15) is 0 Å². The maximum Gasteiger partial charge on any atom is 0.0544 e. The maximum absolute atomic E-state index is 3.36. The third-order valence-corrected chi connectivity index (χ3v) is 8.46. The second kappa shape index (κ2) is 9.84. The summed E-state index contributed by atoms with van der Waals surface area (Å²) in [6.45, 7) is 15.9. The number of rotatable bonds is 3. The van der Waals surface area contributed by atoms with E-state index in [0.717, 1.165) is 0 Å². The van der Waals surface area contributed by atoms with E-state index in [1.165, 1.54) is 72.0 Å². The molecule has 1 aromatic heterocycles. The van der Waals surface area contributed by atoms with Crippen LogP contribution in [0.25, 0.3) is 49.7 Å². The number of hydrogen-bond donors (Lipinski definition) is 0. The Balaban J connectivity index is 0.000000680. The highest BCUT2D eigenvalue weighted by Gasteiger charge is 2.36. The quantitative estimate of drug-likeness (QED) is 0.206. The van der Waals surface area contributed by atoms with Gasteiger partial charge in [-0.25, -0.2) is 0 Å². The van der Waals surface area contributed by atoms with Gasteiger partial charge >= 0.3 is 0 Å². The lowest BCUT2D eigenvalue weighted by molar-refractivity contribution is 0.660. The van der Waals surface area contributed by atoms with E-state index in [4.69, 9.17) is 0 Å². The van der Waals surface area contributed by atoms with Gasteiger partial charge in [0.05, 0.1) is 11.0 Å². The topological polar surface area (TPSA) is 4.93 Å². The summed E-state index contributed by atoms with van der Waals surface area (Å²) < 4.78 is 2.45. The third kappa shape index (κ3) is 4.01. The molecule has 1 aliphatic rings. The Labute approximate surface area is 237 Å². The average Bonchev–Trinajstić information content (AvgIpc) is 3.41. The number of para-hydroxylation sites is 1. The molecular formula is C39H35N. The Hall–Kier alpha value is -4.62. The molecule has 0 fully saturated rings. The molecule has 0 bridgehead atoms. The molecule has 6 aromatic rings. The molecule has 0 atom stereocenters. The molecule has 0 unspecified atom stereocenters. The predicted molar refractivity (Wildman–Crippen MR) is 174 cm³/mol. The predicted octanol–water partition coefficient (Wildman–Crippen LogP) is 10.7. The van der Waals surface area contributed by atoms with Gasteiger partial charge in [0.15, 0.2) is 0 Å². The van der Waals surface area contributed by atoms with Crippen molar-refractivity contribution in [3.05, 3.63) is 151 Å². The first-order valence-corrected chi connectivity index (χ1v) is 13.9. The lowest BCUT2D eigenvalue weighted by Crippen LogP contribution is -2.15. The molecule has 0 spiro atoms. The summed E-state index contributed by atoms with van der Waals surface area (Å²) in [5.74, 6) is 0. The number of nitrogens with zero attached hydrogens (tertiary/aromatic N) is 1. The van der Waals surface area contributed by atoms with E-state index in [0.29, 0.717) is 0 Å². The number of aromatic nitrogens is 1. The van der Waals surface area contributed by atoms with Crippen LogP contribution in [0.15, 0.2) is 128 Å². The molecule has 7 rings (SSSR count). The maximum atomic E-state index is 3.36. The summed E-state index contributed by atoms with van der Waals surface area (Å²) >= 11 is 0. The molecule has 0 amide bonds. The molecule has 1 heteroatoms. The molecule has 1 nitrogen and oxygen atoms in total. The zero-order valence-electron chi connectivity index (χ0n) is 23.8. The molecule has 0 N–H and O–H groups in total. The van der Waals surface area contributed by atoms with Crippen molar-refractivity contribution in [1.82, 2.24) is 4.57 Å². The van der Waals surface area contributed by atoms with Gasteiger partial charge in [0, 0.05) is 21.9 Å². The van der Waals surface area contributed by atoms with Crippen LogP contribution in [0, 0.1) is 13.8 Å². The molecular weight excluding hydrogens is 482 g/mol. The highest BCUT2D eigenvalue weighted by Crippen LogP contribution is 2.51. The normalized spacial score (nSPS) is 12.9. The summed E-state index contributed by atoms with van der Waals surface area (Å²) in [7, 11) is 0. The first kappa shape index (κ1) is 25.6. The van der Waals surface area contributed by atoms with Gasteiger partial charge in [0.25, 0.3) is 0 Å². The van der Waals surface area contributed by atoms with E-state index in [-0.39, 0.29) is 5.41 Å². The van der Waals surface area contributed by atoms with Gasteiger partial charge in [0.2, 0.25) is 0 Å². The largest absolute Gasteiger partial charge is 0.309 e. The van der Waals surface area contributed by atoms with Crippen molar-refractivity contribution >= 4 is 21.8 Å². The molecule has 0 saturated carbocycles.